The molecule has 0 saturated heterocycles. The molecule has 4 N–H and O–H groups in total. The smallest absolute Gasteiger partial charge is 0.323 e. The van der Waals surface area contributed by atoms with Crippen molar-refractivity contribution in [1.82, 2.24) is 5.43 Å². The SMILES string of the molecule is CCCCOc1ccc(NC(=O)C(=O)NN)cc1. The average molecular weight is 251 g/mol. The summed E-state index contributed by atoms with van der Waals surface area (Å²) in [5.74, 6) is 3.87. The zero-order valence-corrected chi connectivity index (χ0v) is 10.2. The number of nitrogens with one attached hydrogen (secondary N) is 2. The van der Waals surface area contributed by atoms with Gasteiger partial charge in [-0.1, -0.05) is 13.3 Å². The Labute approximate surface area is 105 Å². The van der Waals surface area contributed by atoms with Crippen LogP contribution in [0.5, 0.6) is 5.75 Å². The molecule has 6 heteroatoms. The molecule has 0 heterocycles. The number of nitrogens with two attached hydrogens (primary N) is 1. The highest BCUT2D eigenvalue weighted by Crippen LogP contribution is 2.15. The first-order chi connectivity index (χ1) is 8.67. The number of unbranched alkanes of at least 4 members (excludes halogenated alkanes) is 1. The quantitative estimate of drug-likeness (QED) is 0.237. The van der Waals surface area contributed by atoms with Crippen LogP contribution in [0.1, 0.15) is 19.8 Å². The Kier molecular flexibility index (Phi) is 5.66. The number of carbonyl (C=O) groups is 2. The minimum Gasteiger partial charge on any atom is -0.494 e. The maximum absolute atomic E-state index is 11.2. The zero-order chi connectivity index (χ0) is 13.4. The highest BCUT2D eigenvalue weighted by Gasteiger charge is 2.11. The van der Waals surface area contributed by atoms with E-state index in [1.165, 1.54) is 0 Å². The van der Waals surface area contributed by atoms with E-state index in [-0.39, 0.29) is 0 Å². The lowest BCUT2D eigenvalue weighted by molar-refractivity contribution is -0.136. The summed E-state index contributed by atoms with van der Waals surface area (Å²) in [6.07, 6.45) is 2.07. The summed E-state index contributed by atoms with van der Waals surface area (Å²) >= 11 is 0. The molecule has 0 bridgehead atoms. The molecule has 2 amide bonds. The van der Waals surface area contributed by atoms with E-state index in [4.69, 9.17) is 10.6 Å². The Hall–Kier alpha value is -2.08. The van der Waals surface area contributed by atoms with Gasteiger partial charge in [0.05, 0.1) is 6.61 Å². The van der Waals surface area contributed by atoms with Gasteiger partial charge < -0.3 is 10.1 Å². The normalized spacial score (nSPS) is 9.67. The van der Waals surface area contributed by atoms with E-state index in [1.54, 1.807) is 29.7 Å². The number of hydrazine groups is 1. The molecule has 0 aromatic heterocycles. The number of anilines is 1. The number of carbonyl (C=O) groups excluding carboxylic acids is 2. The molecule has 98 valence electrons. The molecular formula is C12H17N3O3. The van der Waals surface area contributed by atoms with Crippen molar-refractivity contribution in [3.05, 3.63) is 24.3 Å². The highest BCUT2D eigenvalue weighted by molar-refractivity contribution is 6.39. The molecule has 0 radical (unpaired) electrons. The largest absolute Gasteiger partial charge is 0.494 e. The first kappa shape index (κ1) is 14.0. The Morgan fingerprint density at radius 2 is 1.89 bits per heavy atom. The first-order valence-electron chi connectivity index (χ1n) is 5.72. The van der Waals surface area contributed by atoms with Crippen molar-refractivity contribution in [2.45, 2.75) is 19.8 Å². The summed E-state index contributed by atoms with van der Waals surface area (Å²) in [5.41, 5.74) is 2.26. The molecule has 0 saturated carbocycles. The fourth-order valence-corrected chi connectivity index (χ4v) is 1.22. The second-order valence-corrected chi connectivity index (χ2v) is 3.65. The van der Waals surface area contributed by atoms with Gasteiger partial charge in [-0.15, -0.1) is 0 Å². The highest BCUT2D eigenvalue weighted by atomic mass is 16.5. The van der Waals surface area contributed by atoms with Crippen molar-refractivity contribution in [1.29, 1.82) is 0 Å². The number of hydrogen-bond acceptors (Lipinski definition) is 4. The molecule has 1 aromatic rings. The van der Waals surface area contributed by atoms with Crippen LogP contribution in [0.15, 0.2) is 24.3 Å². The minimum absolute atomic E-state index is 0.506. The fraction of sp³-hybridized carbons (Fsp3) is 0.333. The summed E-state index contributed by atoms with van der Waals surface area (Å²) in [6.45, 7) is 2.75. The lowest BCUT2D eigenvalue weighted by atomic mass is 10.3. The van der Waals surface area contributed by atoms with E-state index in [0.29, 0.717) is 12.3 Å². The molecule has 0 unspecified atom stereocenters. The molecular weight excluding hydrogens is 234 g/mol. The molecule has 0 spiro atoms. The maximum Gasteiger partial charge on any atom is 0.323 e. The lowest BCUT2D eigenvalue weighted by Crippen LogP contribution is -2.39. The van der Waals surface area contributed by atoms with Crippen LogP contribution in [0.3, 0.4) is 0 Å². The van der Waals surface area contributed by atoms with Crippen LogP contribution >= 0.6 is 0 Å². The average Bonchev–Trinajstić information content (AvgIpc) is 2.40. The van der Waals surface area contributed by atoms with Crippen LogP contribution in [0, 0.1) is 0 Å². The maximum atomic E-state index is 11.2. The number of ether oxygens (including phenoxy) is 1. The Morgan fingerprint density at radius 1 is 1.22 bits per heavy atom. The van der Waals surface area contributed by atoms with Gasteiger partial charge in [0.2, 0.25) is 0 Å². The van der Waals surface area contributed by atoms with E-state index in [2.05, 4.69) is 12.2 Å². The predicted octanol–water partition coefficient (Wildman–Crippen LogP) is 0.794. The van der Waals surface area contributed by atoms with Gasteiger partial charge in [-0.2, -0.15) is 0 Å². The number of rotatable bonds is 5. The fourth-order valence-electron chi connectivity index (χ4n) is 1.22. The molecule has 6 nitrogen and oxygen atoms in total. The first-order valence-corrected chi connectivity index (χ1v) is 5.72. The molecule has 0 aliphatic rings. The minimum atomic E-state index is -0.890. The van der Waals surface area contributed by atoms with Gasteiger partial charge in [-0.25, -0.2) is 5.84 Å². The predicted molar refractivity (Wildman–Crippen MR) is 67.8 cm³/mol. The molecule has 1 aromatic carbocycles. The summed E-state index contributed by atoms with van der Waals surface area (Å²) in [7, 11) is 0. The van der Waals surface area contributed by atoms with Crippen LogP contribution in [0.25, 0.3) is 0 Å². The van der Waals surface area contributed by atoms with Crippen LogP contribution in [-0.2, 0) is 9.59 Å². The van der Waals surface area contributed by atoms with Crippen LogP contribution < -0.4 is 21.3 Å². The second-order valence-electron chi connectivity index (χ2n) is 3.65. The van der Waals surface area contributed by atoms with Crippen LogP contribution in [0.4, 0.5) is 5.69 Å². The summed E-state index contributed by atoms with van der Waals surface area (Å²) < 4.78 is 5.46. The summed E-state index contributed by atoms with van der Waals surface area (Å²) in [4.78, 5) is 22.1. The van der Waals surface area contributed by atoms with Gasteiger partial charge in [0.25, 0.3) is 0 Å². The summed E-state index contributed by atoms with van der Waals surface area (Å²) in [6, 6.07) is 6.77. The van der Waals surface area contributed by atoms with Crippen molar-refractivity contribution in [2.75, 3.05) is 11.9 Å². The van der Waals surface area contributed by atoms with Gasteiger partial charge in [0, 0.05) is 5.69 Å². The van der Waals surface area contributed by atoms with E-state index in [0.717, 1.165) is 18.6 Å². The topological polar surface area (TPSA) is 93.4 Å². The molecule has 18 heavy (non-hydrogen) atoms. The third kappa shape index (κ3) is 4.42. The second kappa shape index (κ2) is 7.29. The standard InChI is InChI=1S/C12H17N3O3/c1-2-3-8-18-10-6-4-9(5-7-10)14-11(16)12(17)15-13/h4-7H,2-3,8,13H2,1H3,(H,14,16)(H,15,17). The molecule has 0 aliphatic carbocycles. The number of amides is 2. The van der Waals surface area contributed by atoms with Crippen molar-refractivity contribution >= 4 is 17.5 Å². The van der Waals surface area contributed by atoms with Crippen LogP contribution in [-0.4, -0.2) is 18.4 Å². The lowest BCUT2D eigenvalue weighted by Gasteiger charge is -2.07. The Morgan fingerprint density at radius 3 is 2.44 bits per heavy atom. The van der Waals surface area contributed by atoms with E-state index < -0.39 is 11.8 Å². The molecule has 0 fully saturated rings. The zero-order valence-electron chi connectivity index (χ0n) is 10.2. The van der Waals surface area contributed by atoms with Gasteiger partial charge >= 0.3 is 11.8 Å². The monoisotopic (exact) mass is 251 g/mol. The van der Waals surface area contributed by atoms with E-state index in [9.17, 15) is 9.59 Å². The third-order valence-corrected chi connectivity index (χ3v) is 2.22. The van der Waals surface area contributed by atoms with Crippen LogP contribution in [0.2, 0.25) is 0 Å². The Bertz CT molecular complexity index is 404. The molecule has 0 atom stereocenters. The van der Waals surface area contributed by atoms with Crippen molar-refractivity contribution in [3.63, 3.8) is 0 Å². The van der Waals surface area contributed by atoms with Crippen molar-refractivity contribution in [3.8, 4) is 5.75 Å². The van der Waals surface area contributed by atoms with Gasteiger partial charge in [-0.3, -0.25) is 15.0 Å². The number of hydrogen-bond donors (Lipinski definition) is 3. The third-order valence-electron chi connectivity index (χ3n) is 2.22. The van der Waals surface area contributed by atoms with Gasteiger partial charge in [-0.05, 0) is 30.7 Å². The van der Waals surface area contributed by atoms with Crippen molar-refractivity contribution < 1.29 is 14.3 Å². The number of benzene rings is 1. The van der Waals surface area contributed by atoms with Crippen molar-refractivity contribution in [2.24, 2.45) is 5.84 Å². The van der Waals surface area contributed by atoms with Gasteiger partial charge in [0.1, 0.15) is 5.75 Å². The summed E-state index contributed by atoms with van der Waals surface area (Å²) in [5, 5.41) is 2.40. The van der Waals surface area contributed by atoms with E-state index in [1.807, 2.05) is 0 Å². The molecule has 1 rings (SSSR count). The van der Waals surface area contributed by atoms with E-state index >= 15 is 0 Å². The molecule has 0 aliphatic heterocycles. The Balaban J connectivity index is 2.49. The van der Waals surface area contributed by atoms with Gasteiger partial charge in [0.15, 0.2) is 0 Å².